The molecule has 0 saturated carbocycles. The molecule has 0 aromatic heterocycles. The Kier molecular flexibility index (Phi) is 5.77. The van der Waals surface area contributed by atoms with Crippen molar-refractivity contribution in [2.75, 3.05) is 44.7 Å². The van der Waals surface area contributed by atoms with Gasteiger partial charge in [-0.25, -0.2) is 0 Å². The van der Waals surface area contributed by atoms with Crippen LogP contribution in [-0.4, -0.2) is 61.9 Å². The van der Waals surface area contributed by atoms with E-state index in [9.17, 15) is 10.1 Å². The number of carbonyl (C=O) groups is 1. The fourth-order valence-corrected chi connectivity index (χ4v) is 3.02. The third-order valence-corrected chi connectivity index (χ3v) is 4.16. The number of carboxylic acid groups (broad SMARTS) is 1. The van der Waals surface area contributed by atoms with E-state index >= 15 is 0 Å². The molecule has 0 aliphatic carbocycles. The number of halogens is 1. The zero-order valence-electron chi connectivity index (χ0n) is 12.3. The maximum atomic E-state index is 10.7. The molecular formula is C15H18BrN3O3. The molecule has 1 unspecified atom stereocenters. The van der Waals surface area contributed by atoms with Gasteiger partial charge in [0.05, 0.1) is 30.5 Å². The van der Waals surface area contributed by atoms with Gasteiger partial charge in [-0.05, 0) is 35.1 Å². The second-order valence-corrected chi connectivity index (χ2v) is 6.13. The van der Waals surface area contributed by atoms with Crippen molar-refractivity contribution in [1.29, 1.82) is 5.26 Å². The molecule has 1 heterocycles. The Morgan fingerprint density at radius 3 is 3.09 bits per heavy atom. The van der Waals surface area contributed by atoms with Gasteiger partial charge in [-0.2, -0.15) is 5.26 Å². The van der Waals surface area contributed by atoms with Gasteiger partial charge >= 0.3 is 5.97 Å². The van der Waals surface area contributed by atoms with Gasteiger partial charge in [-0.15, -0.1) is 0 Å². The van der Waals surface area contributed by atoms with E-state index in [-0.39, 0.29) is 12.6 Å². The van der Waals surface area contributed by atoms with E-state index in [1.165, 1.54) is 0 Å². The third kappa shape index (κ3) is 4.19. The molecule has 7 heteroatoms. The Hall–Kier alpha value is -1.62. The van der Waals surface area contributed by atoms with Crippen LogP contribution in [0.5, 0.6) is 0 Å². The van der Waals surface area contributed by atoms with Crippen LogP contribution in [0.3, 0.4) is 0 Å². The van der Waals surface area contributed by atoms with E-state index in [0.29, 0.717) is 31.8 Å². The normalized spacial score (nSPS) is 18.3. The number of benzene rings is 1. The summed E-state index contributed by atoms with van der Waals surface area (Å²) in [5.41, 5.74) is 1.49. The Labute approximate surface area is 138 Å². The van der Waals surface area contributed by atoms with Crippen LogP contribution in [0, 0.1) is 11.3 Å². The predicted octanol–water partition coefficient (Wildman–Crippen LogP) is 1.54. The Bertz CT molecular complexity index is 588. The van der Waals surface area contributed by atoms with Gasteiger partial charge in [0.2, 0.25) is 0 Å². The summed E-state index contributed by atoms with van der Waals surface area (Å²) < 4.78 is 6.49. The van der Waals surface area contributed by atoms with E-state index in [0.717, 1.165) is 10.2 Å². The molecule has 0 radical (unpaired) electrons. The standard InChI is InChI=1S/C15H18BrN3O3/c1-18(10-15(20)21)8-11-9-19(5-6-22-11)14-4-2-3-13(16)12(14)7-17/h2-4,11H,5-6,8-10H2,1H3,(H,20,21). The number of morpholine rings is 1. The van der Waals surface area contributed by atoms with E-state index in [2.05, 4.69) is 26.9 Å². The van der Waals surface area contributed by atoms with Crippen molar-refractivity contribution >= 4 is 27.6 Å². The van der Waals surface area contributed by atoms with Crippen molar-refractivity contribution in [3.8, 4) is 6.07 Å². The van der Waals surface area contributed by atoms with Crippen LogP contribution in [0.2, 0.25) is 0 Å². The maximum Gasteiger partial charge on any atom is 0.317 e. The summed E-state index contributed by atoms with van der Waals surface area (Å²) in [7, 11) is 1.76. The zero-order valence-corrected chi connectivity index (χ0v) is 13.9. The maximum absolute atomic E-state index is 10.7. The molecule has 118 valence electrons. The van der Waals surface area contributed by atoms with Crippen LogP contribution in [0.25, 0.3) is 0 Å². The van der Waals surface area contributed by atoms with Crippen molar-refractivity contribution in [2.45, 2.75) is 6.10 Å². The summed E-state index contributed by atoms with van der Waals surface area (Å²) in [6, 6.07) is 7.90. The van der Waals surface area contributed by atoms with Gasteiger partial charge in [0.25, 0.3) is 0 Å². The molecule has 1 aliphatic rings. The first-order valence-electron chi connectivity index (χ1n) is 6.96. The van der Waals surface area contributed by atoms with Gasteiger partial charge in [0.15, 0.2) is 0 Å². The van der Waals surface area contributed by atoms with Gasteiger partial charge in [0, 0.05) is 24.1 Å². The SMILES string of the molecule is CN(CC(=O)O)CC1CN(c2cccc(Br)c2C#N)CCO1. The highest BCUT2D eigenvalue weighted by molar-refractivity contribution is 9.10. The molecule has 1 saturated heterocycles. The van der Waals surface area contributed by atoms with Crippen LogP contribution < -0.4 is 4.90 Å². The van der Waals surface area contributed by atoms with Crippen molar-refractivity contribution in [2.24, 2.45) is 0 Å². The molecular weight excluding hydrogens is 350 g/mol. The Balaban J connectivity index is 2.07. The monoisotopic (exact) mass is 367 g/mol. The number of ether oxygens (including phenoxy) is 1. The minimum absolute atomic E-state index is 0.0137. The predicted molar refractivity (Wildman–Crippen MR) is 85.9 cm³/mol. The first-order chi connectivity index (χ1) is 10.5. The lowest BCUT2D eigenvalue weighted by Gasteiger charge is -2.36. The van der Waals surface area contributed by atoms with E-state index in [1.54, 1.807) is 11.9 Å². The van der Waals surface area contributed by atoms with Crippen molar-refractivity contribution < 1.29 is 14.6 Å². The van der Waals surface area contributed by atoms with Crippen LogP contribution in [-0.2, 0) is 9.53 Å². The molecule has 1 aliphatic heterocycles. The number of rotatable bonds is 5. The van der Waals surface area contributed by atoms with E-state index in [1.807, 2.05) is 18.2 Å². The smallest absolute Gasteiger partial charge is 0.317 e. The number of likely N-dealkylation sites (N-methyl/N-ethyl adjacent to an activating group) is 1. The van der Waals surface area contributed by atoms with E-state index in [4.69, 9.17) is 9.84 Å². The van der Waals surface area contributed by atoms with Gasteiger partial charge in [0.1, 0.15) is 6.07 Å². The molecule has 1 N–H and O–H groups in total. The highest BCUT2D eigenvalue weighted by atomic mass is 79.9. The third-order valence-electron chi connectivity index (χ3n) is 3.50. The van der Waals surface area contributed by atoms with Crippen molar-refractivity contribution in [3.63, 3.8) is 0 Å². The summed E-state index contributed by atoms with van der Waals surface area (Å²) in [4.78, 5) is 14.6. The quantitative estimate of drug-likeness (QED) is 0.850. The fourth-order valence-electron chi connectivity index (χ4n) is 2.58. The molecule has 0 spiro atoms. The highest BCUT2D eigenvalue weighted by Crippen LogP contribution is 2.28. The average molecular weight is 368 g/mol. The van der Waals surface area contributed by atoms with Crippen LogP contribution >= 0.6 is 15.9 Å². The summed E-state index contributed by atoms with van der Waals surface area (Å²) in [6.45, 7) is 2.43. The summed E-state index contributed by atoms with van der Waals surface area (Å²) >= 11 is 3.40. The molecule has 0 bridgehead atoms. The molecule has 1 atom stereocenters. The molecule has 22 heavy (non-hydrogen) atoms. The van der Waals surface area contributed by atoms with Crippen LogP contribution in [0.4, 0.5) is 5.69 Å². The first-order valence-corrected chi connectivity index (χ1v) is 7.76. The van der Waals surface area contributed by atoms with Crippen molar-refractivity contribution in [3.05, 3.63) is 28.2 Å². The van der Waals surface area contributed by atoms with Crippen LogP contribution in [0.15, 0.2) is 22.7 Å². The minimum Gasteiger partial charge on any atom is -0.480 e. The second-order valence-electron chi connectivity index (χ2n) is 5.28. The lowest BCUT2D eigenvalue weighted by molar-refractivity contribution is -0.138. The molecule has 6 nitrogen and oxygen atoms in total. The fraction of sp³-hybridized carbons (Fsp3) is 0.467. The summed E-state index contributed by atoms with van der Waals surface area (Å²) in [6.07, 6.45) is -0.0800. The number of carboxylic acids is 1. The second kappa shape index (κ2) is 7.58. The number of anilines is 1. The van der Waals surface area contributed by atoms with Gasteiger partial charge < -0.3 is 14.7 Å². The number of nitrogens with zero attached hydrogens (tertiary/aromatic N) is 3. The number of hydrogen-bond donors (Lipinski definition) is 1. The summed E-state index contributed by atoms with van der Waals surface area (Å²) in [5, 5.41) is 18.1. The molecule has 2 rings (SSSR count). The molecule has 1 aromatic rings. The average Bonchev–Trinajstić information content (AvgIpc) is 2.46. The van der Waals surface area contributed by atoms with Gasteiger partial charge in [-0.3, -0.25) is 9.69 Å². The number of nitriles is 1. The molecule has 1 fully saturated rings. The van der Waals surface area contributed by atoms with E-state index < -0.39 is 5.97 Å². The minimum atomic E-state index is -0.853. The first kappa shape index (κ1) is 16.7. The van der Waals surface area contributed by atoms with Gasteiger partial charge in [-0.1, -0.05) is 6.07 Å². The lowest BCUT2D eigenvalue weighted by atomic mass is 10.1. The Morgan fingerprint density at radius 1 is 1.64 bits per heavy atom. The molecule has 0 amide bonds. The van der Waals surface area contributed by atoms with Crippen molar-refractivity contribution in [1.82, 2.24) is 4.90 Å². The number of hydrogen-bond acceptors (Lipinski definition) is 5. The number of aliphatic carboxylic acids is 1. The topological polar surface area (TPSA) is 76.8 Å². The summed E-state index contributed by atoms with van der Waals surface area (Å²) in [5.74, 6) is -0.853. The lowest BCUT2D eigenvalue weighted by Crippen LogP contribution is -2.48. The molecule has 1 aromatic carbocycles. The zero-order chi connectivity index (χ0) is 16.1. The largest absolute Gasteiger partial charge is 0.480 e. The highest BCUT2D eigenvalue weighted by Gasteiger charge is 2.24. The van der Waals surface area contributed by atoms with Crippen LogP contribution in [0.1, 0.15) is 5.56 Å². The Morgan fingerprint density at radius 2 is 2.41 bits per heavy atom.